The van der Waals surface area contributed by atoms with E-state index in [0.717, 1.165) is 38.8 Å². The van der Waals surface area contributed by atoms with Gasteiger partial charge in [0.2, 0.25) is 5.91 Å². The highest BCUT2D eigenvalue weighted by Crippen LogP contribution is 2.31. The number of hydrogen-bond acceptors (Lipinski definition) is 4. The third kappa shape index (κ3) is 6.86. The first-order valence-electron chi connectivity index (χ1n) is 13.2. The van der Waals surface area contributed by atoms with E-state index in [4.69, 9.17) is 10.5 Å². The lowest BCUT2D eigenvalue weighted by Gasteiger charge is -2.34. The minimum absolute atomic E-state index is 0.171. The molecular formula is C29H37F2N3O3. The van der Waals surface area contributed by atoms with Crippen molar-refractivity contribution in [3.05, 3.63) is 53.8 Å². The molecule has 2 aliphatic rings. The van der Waals surface area contributed by atoms with Gasteiger partial charge >= 0.3 is 0 Å². The number of alkyl halides is 1. The van der Waals surface area contributed by atoms with Crippen molar-refractivity contribution >= 4 is 11.8 Å². The van der Waals surface area contributed by atoms with E-state index < -0.39 is 23.4 Å². The van der Waals surface area contributed by atoms with Crippen LogP contribution in [0.5, 0.6) is 5.75 Å². The van der Waals surface area contributed by atoms with Crippen LogP contribution in [0.3, 0.4) is 0 Å². The molecule has 2 saturated heterocycles. The lowest BCUT2D eigenvalue weighted by molar-refractivity contribution is -0.123. The standard InChI is InChI=1S/C29H37F2N3O3/c1-29(2,31)19-33-15-12-20(13-16-33)18-37-26-11-10-21(17-24(26)30)22-7-3-4-8-23(22)28(36)34-14-6-5-9-25(34)27(32)35/h3-4,7-8,10-11,17,20,25H,5-6,9,12-16,18-19H2,1-2H3,(H2,32,35)/t25-/m1/s1. The summed E-state index contributed by atoms with van der Waals surface area (Å²) in [6.07, 6.45) is 3.98. The predicted octanol–water partition coefficient (Wildman–Crippen LogP) is 4.81. The van der Waals surface area contributed by atoms with Gasteiger partial charge in [-0.1, -0.05) is 24.3 Å². The van der Waals surface area contributed by atoms with E-state index in [-0.39, 0.29) is 11.7 Å². The summed E-state index contributed by atoms with van der Waals surface area (Å²) in [6, 6.07) is 11.1. The molecule has 8 heteroatoms. The smallest absolute Gasteiger partial charge is 0.255 e. The van der Waals surface area contributed by atoms with Gasteiger partial charge in [0, 0.05) is 18.7 Å². The summed E-state index contributed by atoms with van der Waals surface area (Å²) < 4.78 is 34.8. The van der Waals surface area contributed by atoms with Crippen molar-refractivity contribution in [1.29, 1.82) is 0 Å². The Morgan fingerprint density at radius 1 is 1.05 bits per heavy atom. The minimum atomic E-state index is -1.21. The van der Waals surface area contributed by atoms with Crippen molar-refractivity contribution in [2.75, 3.05) is 32.8 Å². The number of rotatable bonds is 8. The summed E-state index contributed by atoms with van der Waals surface area (Å²) in [5.74, 6) is -0.814. The van der Waals surface area contributed by atoms with E-state index >= 15 is 4.39 Å². The van der Waals surface area contributed by atoms with Crippen LogP contribution >= 0.6 is 0 Å². The Hall–Kier alpha value is -3.00. The summed E-state index contributed by atoms with van der Waals surface area (Å²) in [7, 11) is 0. The fraction of sp³-hybridized carbons (Fsp3) is 0.517. The van der Waals surface area contributed by atoms with Crippen LogP contribution in [0.1, 0.15) is 56.3 Å². The molecular weight excluding hydrogens is 476 g/mol. The molecule has 200 valence electrons. The molecule has 2 amide bonds. The minimum Gasteiger partial charge on any atom is -0.490 e. The monoisotopic (exact) mass is 513 g/mol. The van der Waals surface area contributed by atoms with Gasteiger partial charge in [-0.3, -0.25) is 9.59 Å². The number of likely N-dealkylation sites (tertiary alicyclic amines) is 2. The fourth-order valence-electron chi connectivity index (χ4n) is 5.38. The third-order valence-corrected chi connectivity index (χ3v) is 7.27. The molecule has 0 saturated carbocycles. The summed E-state index contributed by atoms with van der Waals surface area (Å²) in [4.78, 5) is 29.0. The number of primary amides is 1. The predicted molar refractivity (Wildman–Crippen MR) is 140 cm³/mol. The summed E-state index contributed by atoms with van der Waals surface area (Å²) in [5.41, 5.74) is 5.91. The number of amides is 2. The van der Waals surface area contributed by atoms with Gasteiger partial charge in [0.25, 0.3) is 5.91 Å². The van der Waals surface area contributed by atoms with E-state index in [9.17, 15) is 14.0 Å². The molecule has 6 nitrogen and oxygen atoms in total. The molecule has 0 bridgehead atoms. The van der Waals surface area contributed by atoms with Crippen molar-refractivity contribution in [3.63, 3.8) is 0 Å². The van der Waals surface area contributed by atoms with Gasteiger partial charge in [0.15, 0.2) is 11.6 Å². The maximum absolute atomic E-state index is 15.1. The van der Waals surface area contributed by atoms with E-state index in [1.165, 1.54) is 6.07 Å². The molecule has 4 rings (SSSR count). The first-order chi connectivity index (χ1) is 17.6. The summed E-state index contributed by atoms with van der Waals surface area (Å²) in [6.45, 7) is 6.08. The van der Waals surface area contributed by atoms with E-state index in [2.05, 4.69) is 4.90 Å². The Kier molecular flexibility index (Phi) is 8.47. The van der Waals surface area contributed by atoms with Crippen molar-refractivity contribution in [2.45, 2.75) is 57.7 Å². The summed E-state index contributed by atoms with van der Waals surface area (Å²) in [5, 5.41) is 0. The number of carbonyl (C=O) groups is 2. The molecule has 2 heterocycles. The molecule has 0 unspecified atom stereocenters. The second-order valence-corrected chi connectivity index (χ2v) is 10.9. The molecule has 0 aromatic heterocycles. The second kappa shape index (κ2) is 11.6. The van der Waals surface area contributed by atoms with Gasteiger partial charge in [-0.25, -0.2) is 8.78 Å². The molecule has 2 aromatic rings. The van der Waals surface area contributed by atoms with Gasteiger partial charge in [-0.15, -0.1) is 0 Å². The van der Waals surface area contributed by atoms with Crippen LogP contribution in [0.2, 0.25) is 0 Å². The summed E-state index contributed by atoms with van der Waals surface area (Å²) >= 11 is 0. The molecule has 1 atom stereocenters. The third-order valence-electron chi connectivity index (χ3n) is 7.27. The Morgan fingerprint density at radius 2 is 1.78 bits per heavy atom. The Bertz CT molecular complexity index is 1110. The van der Waals surface area contributed by atoms with E-state index in [0.29, 0.717) is 48.7 Å². The van der Waals surface area contributed by atoms with Crippen molar-refractivity contribution in [3.8, 4) is 16.9 Å². The van der Waals surface area contributed by atoms with Crippen molar-refractivity contribution < 1.29 is 23.1 Å². The van der Waals surface area contributed by atoms with Crippen LogP contribution in [-0.2, 0) is 4.79 Å². The molecule has 2 fully saturated rings. The van der Waals surface area contributed by atoms with Crippen LogP contribution in [0.15, 0.2) is 42.5 Å². The quantitative estimate of drug-likeness (QED) is 0.550. The molecule has 37 heavy (non-hydrogen) atoms. The van der Waals surface area contributed by atoms with Gasteiger partial charge < -0.3 is 20.3 Å². The lowest BCUT2D eigenvalue weighted by atomic mass is 9.95. The number of ether oxygens (including phenoxy) is 1. The highest BCUT2D eigenvalue weighted by atomic mass is 19.1. The largest absolute Gasteiger partial charge is 0.490 e. The van der Waals surface area contributed by atoms with Gasteiger partial charge in [0.05, 0.1) is 6.61 Å². The molecule has 0 aliphatic carbocycles. The Morgan fingerprint density at radius 3 is 2.46 bits per heavy atom. The Labute approximate surface area is 217 Å². The molecule has 2 aromatic carbocycles. The zero-order chi connectivity index (χ0) is 26.6. The van der Waals surface area contributed by atoms with Crippen LogP contribution in [-0.4, -0.2) is 66.1 Å². The van der Waals surface area contributed by atoms with Crippen LogP contribution in [0, 0.1) is 11.7 Å². The van der Waals surface area contributed by atoms with Crippen LogP contribution in [0.25, 0.3) is 11.1 Å². The molecule has 2 N–H and O–H groups in total. The van der Waals surface area contributed by atoms with Crippen molar-refractivity contribution in [1.82, 2.24) is 9.80 Å². The van der Waals surface area contributed by atoms with E-state index in [1.54, 1.807) is 55.1 Å². The lowest BCUT2D eigenvalue weighted by Crippen LogP contribution is -2.50. The molecule has 0 spiro atoms. The van der Waals surface area contributed by atoms with Gasteiger partial charge in [-0.2, -0.15) is 0 Å². The number of piperidine rings is 2. The normalized spacial score (nSPS) is 19.6. The number of carbonyl (C=O) groups excluding carboxylic acids is 2. The molecule has 2 aliphatic heterocycles. The maximum atomic E-state index is 15.1. The van der Waals surface area contributed by atoms with Crippen LogP contribution in [0.4, 0.5) is 8.78 Å². The first-order valence-corrected chi connectivity index (χ1v) is 13.2. The van der Waals surface area contributed by atoms with Crippen molar-refractivity contribution in [2.24, 2.45) is 11.7 Å². The number of halogens is 2. The molecule has 0 radical (unpaired) electrons. The maximum Gasteiger partial charge on any atom is 0.255 e. The number of benzene rings is 2. The number of nitrogens with zero attached hydrogens (tertiary/aromatic N) is 2. The van der Waals surface area contributed by atoms with E-state index in [1.807, 2.05) is 0 Å². The van der Waals surface area contributed by atoms with Gasteiger partial charge in [-0.05, 0) is 94.3 Å². The number of hydrogen-bond donors (Lipinski definition) is 1. The highest BCUT2D eigenvalue weighted by molar-refractivity contribution is 6.02. The van der Waals surface area contributed by atoms with Gasteiger partial charge in [0.1, 0.15) is 11.7 Å². The van der Waals surface area contributed by atoms with Crippen LogP contribution < -0.4 is 10.5 Å². The first kappa shape index (κ1) is 27.0. The SMILES string of the molecule is CC(C)(F)CN1CCC(COc2ccc(-c3ccccc3C(=O)N3CCCC[C@@H]3C(N)=O)cc2F)CC1. The second-order valence-electron chi connectivity index (χ2n) is 10.9. The highest BCUT2D eigenvalue weighted by Gasteiger charge is 2.32. The zero-order valence-electron chi connectivity index (χ0n) is 21.7. The topological polar surface area (TPSA) is 75.9 Å². The average Bonchev–Trinajstić information content (AvgIpc) is 2.87. The zero-order valence-corrected chi connectivity index (χ0v) is 21.7. The average molecular weight is 514 g/mol. The number of nitrogens with two attached hydrogens (primary N) is 1. The Balaban J connectivity index is 1.42. The fourth-order valence-corrected chi connectivity index (χ4v) is 5.38.